The zero-order valence-electron chi connectivity index (χ0n) is 11.1. The zero-order valence-corrected chi connectivity index (χ0v) is 11.9. The Morgan fingerprint density at radius 2 is 2.11 bits per heavy atom. The first-order valence-electron chi connectivity index (χ1n) is 6.28. The Labute approximate surface area is 118 Å². The molecule has 2 aromatic rings. The largest absolute Gasteiger partial charge is 0.439 e. The number of aromatic nitrogens is 1. The van der Waals surface area contributed by atoms with Crippen LogP contribution in [0.1, 0.15) is 18.1 Å². The number of halogens is 1. The standard InChI is InChI=1S/C15H17ClN2O/c1-3-17-9-12-4-7-15(18-10-12)19-13-5-6-14(16)11(2)8-13/h4-8,10,17H,3,9H2,1-2H3. The third kappa shape index (κ3) is 3.94. The fraction of sp³-hybridized carbons (Fsp3) is 0.267. The summed E-state index contributed by atoms with van der Waals surface area (Å²) in [4.78, 5) is 4.28. The van der Waals surface area contributed by atoms with E-state index < -0.39 is 0 Å². The van der Waals surface area contributed by atoms with Crippen molar-refractivity contribution in [2.75, 3.05) is 6.54 Å². The monoisotopic (exact) mass is 276 g/mol. The number of nitrogens with zero attached hydrogens (tertiary/aromatic N) is 1. The molecule has 1 N–H and O–H groups in total. The lowest BCUT2D eigenvalue weighted by molar-refractivity contribution is 0.462. The Morgan fingerprint density at radius 1 is 1.26 bits per heavy atom. The summed E-state index contributed by atoms with van der Waals surface area (Å²) >= 11 is 5.97. The van der Waals surface area contributed by atoms with E-state index in [0.29, 0.717) is 5.88 Å². The van der Waals surface area contributed by atoms with E-state index in [-0.39, 0.29) is 0 Å². The Bertz CT molecular complexity index is 540. The molecule has 0 saturated carbocycles. The summed E-state index contributed by atoms with van der Waals surface area (Å²) in [6, 6.07) is 9.44. The van der Waals surface area contributed by atoms with Gasteiger partial charge in [0.05, 0.1) is 0 Å². The first-order chi connectivity index (χ1) is 9.19. The highest BCUT2D eigenvalue weighted by Crippen LogP contribution is 2.24. The van der Waals surface area contributed by atoms with Crippen LogP contribution >= 0.6 is 11.6 Å². The predicted molar refractivity (Wildman–Crippen MR) is 77.9 cm³/mol. The highest BCUT2D eigenvalue weighted by Gasteiger charge is 2.02. The van der Waals surface area contributed by atoms with Crippen molar-refractivity contribution >= 4 is 11.6 Å². The molecule has 0 amide bonds. The smallest absolute Gasteiger partial charge is 0.219 e. The molecule has 0 aliphatic heterocycles. The molecule has 0 spiro atoms. The third-order valence-electron chi connectivity index (χ3n) is 2.73. The number of nitrogens with one attached hydrogen (secondary N) is 1. The lowest BCUT2D eigenvalue weighted by Gasteiger charge is -2.07. The summed E-state index contributed by atoms with van der Waals surface area (Å²) in [5.74, 6) is 1.33. The van der Waals surface area contributed by atoms with Gasteiger partial charge in [0.15, 0.2) is 0 Å². The van der Waals surface area contributed by atoms with Crippen LogP contribution in [0.4, 0.5) is 0 Å². The number of hydrogen-bond donors (Lipinski definition) is 1. The summed E-state index contributed by atoms with van der Waals surface area (Å²) in [6.45, 7) is 5.79. The van der Waals surface area contributed by atoms with Crippen molar-refractivity contribution in [3.63, 3.8) is 0 Å². The molecule has 1 aromatic heterocycles. The van der Waals surface area contributed by atoms with Crippen molar-refractivity contribution in [1.29, 1.82) is 0 Å². The minimum absolute atomic E-state index is 0.585. The van der Waals surface area contributed by atoms with Crippen LogP contribution in [0.25, 0.3) is 0 Å². The van der Waals surface area contributed by atoms with Gasteiger partial charge in [0.2, 0.25) is 5.88 Å². The van der Waals surface area contributed by atoms with Crippen molar-refractivity contribution in [3.8, 4) is 11.6 Å². The quantitative estimate of drug-likeness (QED) is 0.898. The second kappa shape index (κ2) is 6.55. The van der Waals surface area contributed by atoms with Crippen LogP contribution in [0.3, 0.4) is 0 Å². The molecule has 0 unspecified atom stereocenters. The van der Waals surface area contributed by atoms with Crippen molar-refractivity contribution < 1.29 is 4.74 Å². The molecule has 100 valence electrons. The van der Waals surface area contributed by atoms with Gasteiger partial charge < -0.3 is 10.1 Å². The van der Waals surface area contributed by atoms with Crippen molar-refractivity contribution in [2.24, 2.45) is 0 Å². The number of aryl methyl sites for hydroxylation is 1. The number of hydrogen-bond acceptors (Lipinski definition) is 3. The normalized spacial score (nSPS) is 10.5. The minimum Gasteiger partial charge on any atom is -0.439 e. The maximum absolute atomic E-state index is 5.97. The van der Waals surface area contributed by atoms with Crippen LogP contribution in [0, 0.1) is 6.92 Å². The Balaban J connectivity index is 2.04. The molecule has 0 aliphatic carbocycles. The first-order valence-corrected chi connectivity index (χ1v) is 6.66. The molecular formula is C15H17ClN2O. The van der Waals surface area contributed by atoms with Gasteiger partial charge in [-0.15, -0.1) is 0 Å². The van der Waals surface area contributed by atoms with Crippen molar-refractivity contribution in [3.05, 3.63) is 52.7 Å². The molecule has 0 saturated heterocycles. The third-order valence-corrected chi connectivity index (χ3v) is 3.15. The summed E-state index contributed by atoms with van der Waals surface area (Å²) in [5.41, 5.74) is 2.13. The molecule has 0 fully saturated rings. The minimum atomic E-state index is 0.585. The molecule has 0 bridgehead atoms. The molecule has 0 aliphatic rings. The maximum atomic E-state index is 5.97. The fourth-order valence-electron chi connectivity index (χ4n) is 1.65. The molecule has 4 heteroatoms. The molecule has 19 heavy (non-hydrogen) atoms. The van der Waals surface area contributed by atoms with E-state index in [4.69, 9.17) is 16.3 Å². The molecule has 1 heterocycles. The SMILES string of the molecule is CCNCc1ccc(Oc2ccc(Cl)c(C)c2)nc1. The van der Waals surface area contributed by atoms with Gasteiger partial charge in [-0.05, 0) is 42.8 Å². The summed E-state index contributed by atoms with van der Waals surface area (Å²) in [7, 11) is 0. The first kappa shape index (κ1) is 13.8. The molecule has 3 nitrogen and oxygen atoms in total. The van der Waals surface area contributed by atoms with E-state index in [0.717, 1.165) is 35.0 Å². The molecule has 1 aromatic carbocycles. The van der Waals surface area contributed by atoms with E-state index in [9.17, 15) is 0 Å². The van der Waals surface area contributed by atoms with Gasteiger partial charge in [0, 0.05) is 23.8 Å². The van der Waals surface area contributed by atoms with E-state index in [1.165, 1.54) is 0 Å². The average Bonchev–Trinajstić information content (AvgIpc) is 2.42. The van der Waals surface area contributed by atoms with Gasteiger partial charge in [0.1, 0.15) is 5.75 Å². The van der Waals surface area contributed by atoms with Gasteiger partial charge in [-0.1, -0.05) is 24.6 Å². The predicted octanol–water partition coefficient (Wildman–Crippen LogP) is 3.95. The van der Waals surface area contributed by atoms with E-state index >= 15 is 0 Å². The van der Waals surface area contributed by atoms with Crippen LogP contribution < -0.4 is 10.1 Å². The topological polar surface area (TPSA) is 34.1 Å². The van der Waals surface area contributed by atoms with Crippen LogP contribution in [0.15, 0.2) is 36.5 Å². The van der Waals surface area contributed by atoms with E-state index in [2.05, 4.69) is 17.2 Å². The fourth-order valence-corrected chi connectivity index (χ4v) is 1.76. The van der Waals surface area contributed by atoms with Gasteiger partial charge in [-0.3, -0.25) is 0 Å². The highest BCUT2D eigenvalue weighted by atomic mass is 35.5. The lowest BCUT2D eigenvalue weighted by Crippen LogP contribution is -2.11. The van der Waals surface area contributed by atoms with Crippen molar-refractivity contribution in [1.82, 2.24) is 10.3 Å². The number of ether oxygens (including phenoxy) is 1. The number of pyridine rings is 1. The van der Waals surface area contributed by atoms with E-state index in [1.807, 2.05) is 43.5 Å². The highest BCUT2D eigenvalue weighted by molar-refractivity contribution is 6.31. The van der Waals surface area contributed by atoms with Crippen molar-refractivity contribution in [2.45, 2.75) is 20.4 Å². The summed E-state index contributed by atoms with van der Waals surface area (Å²) < 4.78 is 5.68. The van der Waals surface area contributed by atoms with Gasteiger partial charge in [-0.2, -0.15) is 0 Å². The van der Waals surface area contributed by atoms with Gasteiger partial charge in [-0.25, -0.2) is 4.98 Å². The zero-order chi connectivity index (χ0) is 13.7. The molecule has 0 atom stereocenters. The summed E-state index contributed by atoms with van der Waals surface area (Å²) in [5, 5.41) is 3.99. The second-order valence-electron chi connectivity index (χ2n) is 4.30. The van der Waals surface area contributed by atoms with E-state index in [1.54, 1.807) is 0 Å². The van der Waals surface area contributed by atoms with Crippen LogP contribution in [0.2, 0.25) is 5.02 Å². The van der Waals surface area contributed by atoms with Crippen LogP contribution in [0.5, 0.6) is 11.6 Å². The Hall–Kier alpha value is -1.58. The molecule has 2 rings (SSSR count). The van der Waals surface area contributed by atoms with Gasteiger partial charge >= 0.3 is 0 Å². The number of benzene rings is 1. The summed E-state index contributed by atoms with van der Waals surface area (Å²) in [6.07, 6.45) is 1.82. The second-order valence-corrected chi connectivity index (χ2v) is 4.71. The van der Waals surface area contributed by atoms with Crippen LogP contribution in [-0.2, 0) is 6.54 Å². The average molecular weight is 277 g/mol. The number of rotatable bonds is 5. The molecular weight excluding hydrogens is 260 g/mol. The Morgan fingerprint density at radius 3 is 2.74 bits per heavy atom. The lowest BCUT2D eigenvalue weighted by atomic mass is 10.2. The molecule has 0 radical (unpaired) electrons. The Kier molecular flexibility index (Phi) is 4.77. The maximum Gasteiger partial charge on any atom is 0.219 e. The van der Waals surface area contributed by atoms with Gasteiger partial charge in [0.25, 0.3) is 0 Å². The van der Waals surface area contributed by atoms with Crippen LogP contribution in [-0.4, -0.2) is 11.5 Å².